The molecule has 2 aromatic heterocycles. The molecule has 6 heteroatoms. The second-order valence-corrected chi connectivity index (χ2v) is 3.72. The van der Waals surface area contributed by atoms with Crippen LogP contribution in [-0.2, 0) is 0 Å². The molecule has 3 rings (SSSR count). The van der Waals surface area contributed by atoms with Gasteiger partial charge < -0.3 is 10.5 Å². The fourth-order valence-corrected chi connectivity index (χ4v) is 1.89. The van der Waals surface area contributed by atoms with Gasteiger partial charge in [-0.25, -0.2) is 9.97 Å². The summed E-state index contributed by atoms with van der Waals surface area (Å²) in [5.74, 6) is 1.64. The highest BCUT2D eigenvalue weighted by atomic mass is 16.5. The molecule has 2 heterocycles. The molecule has 0 aliphatic rings. The number of nitrogens with zero attached hydrogens (tertiary/aromatic N) is 4. The maximum atomic E-state index is 5.85. The molecule has 0 spiro atoms. The van der Waals surface area contributed by atoms with Crippen molar-refractivity contribution in [1.29, 1.82) is 0 Å². The first-order valence-electron chi connectivity index (χ1n) is 5.16. The van der Waals surface area contributed by atoms with Gasteiger partial charge in [-0.3, -0.25) is 0 Å². The van der Waals surface area contributed by atoms with Gasteiger partial charge in [-0.2, -0.15) is 4.52 Å². The van der Waals surface area contributed by atoms with Crippen molar-refractivity contribution in [2.24, 2.45) is 0 Å². The first-order chi connectivity index (χ1) is 8.20. The Bertz CT molecular complexity index is 719. The monoisotopic (exact) mass is 229 g/mol. The van der Waals surface area contributed by atoms with Crippen molar-refractivity contribution >= 4 is 22.5 Å². The molecule has 0 radical (unpaired) electrons. The van der Waals surface area contributed by atoms with E-state index in [1.54, 1.807) is 7.11 Å². The highest BCUT2D eigenvalue weighted by Gasteiger charge is 2.12. The Labute approximate surface area is 97.0 Å². The third kappa shape index (κ3) is 1.30. The zero-order valence-corrected chi connectivity index (χ0v) is 9.51. The standard InChI is InChI=1S/C11H11N5O/c1-6-13-10-7-4-3-5-8(17-2)9(7)14-11(12)16(10)15-6/h3-5H,1-2H3,(H2,12,14). The third-order valence-corrected chi connectivity index (χ3v) is 2.62. The van der Waals surface area contributed by atoms with Gasteiger partial charge in [0.15, 0.2) is 5.65 Å². The van der Waals surface area contributed by atoms with Gasteiger partial charge in [-0.1, -0.05) is 6.07 Å². The lowest BCUT2D eigenvalue weighted by Crippen LogP contribution is -2.03. The minimum Gasteiger partial charge on any atom is -0.494 e. The first kappa shape index (κ1) is 9.83. The number of rotatable bonds is 1. The molecule has 0 amide bonds. The number of nitrogen functional groups attached to an aromatic ring is 1. The zero-order valence-electron chi connectivity index (χ0n) is 9.51. The van der Waals surface area contributed by atoms with Crippen molar-refractivity contribution in [1.82, 2.24) is 19.6 Å². The summed E-state index contributed by atoms with van der Waals surface area (Å²) >= 11 is 0. The van der Waals surface area contributed by atoms with E-state index in [9.17, 15) is 0 Å². The van der Waals surface area contributed by atoms with Crippen LogP contribution in [0, 0.1) is 6.92 Å². The average molecular weight is 229 g/mol. The molecule has 0 saturated heterocycles. The van der Waals surface area contributed by atoms with Crippen LogP contribution < -0.4 is 10.5 Å². The van der Waals surface area contributed by atoms with Crippen molar-refractivity contribution < 1.29 is 4.74 Å². The molecular weight excluding hydrogens is 218 g/mol. The molecule has 1 aromatic carbocycles. The van der Waals surface area contributed by atoms with Crippen molar-refractivity contribution in [3.05, 3.63) is 24.0 Å². The lowest BCUT2D eigenvalue weighted by molar-refractivity contribution is 0.419. The second-order valence-electron chi connectivity index (χ2n) is 3.72. The number of hydrogen-bond acceptors (Lipinski definition) is 5. The Kier molecular flexibility index (Phi) is 1.91. The fraction of sp³-hybridized carbons (Fsp3) is 0.182. The van der Waals surface area contributed by atoms with Crippen LogP contribution in [0.3, 0.4) is 0 Å². The van der Waals surface area contributed by atoms with E-state index in [0.29, 0.717) is 28.7 Å². The van der Waals surface area contributed by atoms with Gasteiger partial charge in [0.1, 0.15) is 17.1 Å². The highest BCUT2D eigenvalue weighted by molar-refractivity contribution is 5.95. The number of methoxy groups -OCH3 is 1. The van der Waals surface area contributed by atoms with E-state index in [4.69, 9.17) is 10.5 Å². The number of anilines is 1. The van der Waals surface area contributed by atoms with Gasteiger partial charge in [0.25, 0.3) is 0 Å². The quantitative estimate of drug-likeness (QED) is 0.677. The lowest BCUT2D eigenvalue weighted by atomic mass is 10.2. The summed E-state index contributed by atoms with van der Waals surface area (Å²) in [6.45, 7) is 1.82. The summed E-state index contributed by atoms with van der Waals surface area (Å²) in [5, 5.41) is 5.07. The summed E-state index contributed by atoms with van der Waals surface area (Å²) < 4.78 is 6.80. The fourth-order valence-electron chi connectivity index (χ4n) is 1.89. The molecule has 0 atom stereocenters. The smallest absolute Gasteiger partial charge is 0.223 e. The summed E-state index contributed by atoms with van der Waals surface area (Å²) in [6.07, 6.45) is 0. The largest absolute Gasteiger partial charge is 0.494 e. The van der Waals surface area contributed by atoms with E-state index >= 15 is 0 Å². The molecular formula is C11H11N5O. The van der Waals surface area contributed by atoms with Crippen LogP contribution in [-0.4, -0.2) is 26.7 Å². The molecule has 86 valence electrons. The number of nitrogens with two attached hydrogens (primary N) is 1. The van der Waals surface area contributed by atoms with E-state index in [-0.39, 0.29) is 0 Å². The average Bonchev–Trinajstić information content (AvgIpc) is 2.71. The van der Waals surface area contributed by atoms with Crippen LogP contribution in [0.2, 0.25) is 0 Å². The Balaban J connectivity index is 2.56. The van der Waals surface area contributed by atoms with Gasteiger partial charge in [0.2, 0.25) is 5.95 Å². The number of aromatic nitrogens is 4. The van der Waals surface area contributed by atoms with E-state index < -0.39 is 0 Å². The number of aryl methyl sites for hydroxylation is 1. The normalized spacial score (nSPS) is 11.2. The Morgan fingerprint density at radius 1 is 1.29 bits per heavy atom. The minimum absolute atomic E-state index is 0.303. The van der Waals surface area contributed by atoms with E-state index in [2.05, 4.69) is 15.1 Å². The van der Waals surface area contributed by atoms with Crippen LogP contribution in [0.4, 0.5) is 5.95 Å². The highest BCUT2D eigenvalue weighted by Crippen LogP contribution is 2.27. The van der Waals surface area contributed by atoms with Gasteiger partial charge in [-0.05, 0) is 19.1 Å². The van der Waals surface area contributed by atoms with Crippen molar-refractivity contribution in [2.75, 3.05) is 12.8 Å². The van der Waals surface area contributed by atoms with Gasteiger partial charge in [0.05, 0.1) is 7.11 Å². The van der Waals surface area contributed by atoms with Crippen LogP contribution in [0.1, 0.15) is 5.82 Å². The number of para-hydroxylation sites is 1. The van der Waals surface area contributed by atoms with E-state index in [1.807, 2.05) is 25.1 Å². The minimum atomic E-state index is 0.303. The SMILES string of the molecule is COc1cccc2c1nc(N)n1nc(C)nc21. The molecule has 0 fully saturated rings. The van der Waals surface area contributed by atoms with Crippen LogP contribution in [0.15, 0.2) is 18.2 Å². The molecule has 0 saturated carbocycles. The predicted octanol–water partition coefficient (Wildman–Crippen LogP) is 1.18. The maximum Gasteiger partial charge on any atom is 0.223 e. The molecule has 0 aliphatic heterocycles. The number of benzene rings is 1. The van der Waals surface area contributed by atoms with Crippen LogP contribution >= 0.6 is 0 Å². The lowest BCUT2D eigenvalue weighted by Gasteiger charge is -2.06. The molecule has 0 aliphatic carbocycles. The third-order valence-electron chi connectivity index (χ3n) is 2.62. The molecule has 6 nitrogen and oxygen atoms in total. The second kappa shape index (κ2) is 3.31. The van der Waals surface area contributed by atoms with Crippen molar-refractivity contribution in [3.8, 4) is 5.75 Å². The van der Waals surface area contributed by atoms with Crippen LogP contribution in [0.25, 0.3) is 16.6 Å². The summed E-state index contributed by atoms with van der Waals surface area (Å²) in [6, 6.07) is 5.66. The van der Waals surface area contributed by atoms with Gasteiger partial charge in [0, 0.05) is 5.39 Å². The van der Waals surface area contributed by atoms with Gasteiger partial charge >= 0.3 is 0 Å². The zero-order chi connectivity index (χ0) is 12.0. The van der Waals surface area contributed by atoms with Gasteiger partial charge in [-0.15, -0.1) is 5.10 Å². The molecule has 0 unspecified atom stereocenters. The molecule has 3 aromatic rings. The summed E-state index contributed by atoms with van der Waals surface area (Å²) in [4.78, 5) is 8.65. The topological polar surface area (TPSA) is 78.3 Å². The Morgan fingerprint density at radius 3 is 2.88 bits per heavy atom. The predicted molar refractivity (Wildman–Crippen MR) is 64.0 cm³/mol. The number of hydrogen-bond donors (Lipinski definition) is 1. The van der Waals surface area contributed by atoms with Crippen molar-refractivity contribution in [2.45, 2.75) is 6.92 Å². The Hall–Kier alpha value is -2.37. The molecule has 17 heavy (non-hydrogen) atoms. The first-order valence-corrected chi connectivity index (χ1v) is 5.16. The maximum absolute atomic E-state index is 5.85. The van der Waals surface area contributed by atoms with E-state index in [1.165, 1.54) is 4.52 Å². The Morgan fingerprint density at radius 2 is 2.12 bits per heavy atom. The molecule has 2 N–H and O–H groups in total. The summed E-state index contributed by atoms with van der Waals surface area (Å²) in [5.41, 5.74) is 7.25. The molecule has 0 bridgehead atoms. The van der Waals surface area contributed by atoms with E-state index in [0.717, 1.165) is 5.39 Å². The summed E-state index contributed by atoms with van der Waals surface area (Å²) in [7, 11) is 1.60. The van der Waals surface area contributed by atoms with Crippen molar-refractivity contribution in [3.63, 3.8) is 0 Å². The number of fused-ring (bicyclic) bond motifs is 3. The number of ether oxygens (including phenoxy) is 1. The van der Waals surface area contributed by atoms with Crippen LogP contribution in [0.5, 0.6) is 5.75 Å².